The molecular formula is C18H25NO2. The predicted octanol–water partition coefficient (Wildman–Crippen LogP) is 1.99. The molecule has 1 saturated carbocycles. The van der Waals surface area contributed by atoms with Crippen molar-refractivity contribution in [3.63, 3.8) is 0 Å². The summed E-state index contributed by atoms with van der Waals surface area (Å²) >= 11 is 0. The van der Waals surface area contributed by atoms with Crippen LogP contribution in [-0.4, -0.2) is 28.5 Å². The van der Waals surface area contributed by atoms with E-state index in [-0.39, 0.29) is 6.54 Å². The van der Waals surface area contributed by atoms with Gasteiger partial charge >= 0.3 is 0 Å². The highest BCUT2D eigenvalue weighted by Crippen LogP contribution is 2.26. The molecule has 0 heterocycles. The third kappa shape index (κ3) is 5.17. The topological polar surface area (TPSA) is 66.5 Å². The van der Waals surface area contributed by atoms with Crippen LogP contribution in [0.25, 0.3) is 0 Å². The lowest BCUT2D eigenvalue weighted by Gasteiger charge is -2.19. The Bertz CT molecular complexity index is 507. The highest BCUT2D eigenvalue weighted by Gasteiger charge is 2.25. The Hall–Kier alpha value is -1.34. The van der Waals surface area contributed by atoms with Crippen LogP contribution in [0.5, 0.6) is 0 Å². The molecule has 1 aromatic carbocycles. The van der Waals surface area contributed by atoms with Crippen LogP contribution in [0.1, 0.15) is 49.7 Å². The third-order valence-corrected chi connectivity index (χ3v) is 4.04. The summed E-state index contributed by atoms with van der Waals surface area (Å²) in [6.07, 6.45) is 6.04. The Morgan fingerprint density at radius 3 is 2.57 bits per heavy atom. The van der Waals surface area contributed by atoms with Crippen LogP contribution >= 0.6 is 0 Å². The molecule has 1 aliphatic carbocycles. The number of hydrogen-bond acceptors (Lipinski definition) is 3. The number of hydrogen-bond donors (Lipinski definition) is 3. The molecule has 3 nitrogen and oxygen atoms in total. The number of aliphatic hydroxyl groups is 2. The van der Waals surface area contributed by atoms with Crippen molar-refractivity contribution < 1.29 is 10.2 Å². The minimum atomic E-state index is -0.830. The lowest BCUT2D eigenvalue weighted by atomic mass is 9.94. The highest BCUT2D eigenvalue weighted by molar-refractivity contribution is 5.39. The van der Waals surface area contributed by atoms with E-state index in [9.17, 15) is 10.2 Å². The summed E-state index contributed by atoms with van der Waals surface area (Å²) in [4.78, 5) is 0. The van der Waals surface area contributed by atoms with E-state index in [4.69, 9.17) is 5.73 Å². The van der Waals surface area contributed by atoms with Gasteiger partial charge in [0.15, 0.2) is 0 Å². The Kier molecular flexibility index (Phi) is 5.81. The molecule has 114 valence electrons. The van der Waals surface area contributed by atoms with Gasteiger partial charge < -0.3 is 15.9 Å². The molecule has 0 saturated heterocycles. The van der Waals surface area contributed by atoms with Crippen LogP contribution in [0.2, 0.25) is 0 Å². The molecule has 1 aromatic rings. The highest BCUT2D eigenvalue weighted by atomic mass is 16.3. The maximum absolute atomic E-state index is 10.5. The lowest BCUT2D eigenvalue weighted by Crippen LogP contribution is -2.25. The van der Waals surface area contributed by atoms with Crippen molar-refractivity contribution in [3.05, 3.63) is 35.4 Å². The summed E-state index contributed by atoms with van der Waals surface area (Å²) in [6.45, 7) is 0.260. The second-order valence-electron chi connectivity index (χ2n) is 5.99. The fourth-order valence-electron chi connectivity index (χ4n) is 2.76. The second kappa shape index (κ2) is 7.61. The first-order valence-corrected chi connectivity index (χ1v) is 7.84. The van der Waals surface area contributed by atoms with Crippen molar-refractivity contribution in [2.24, 2.45) is 5.73 Å². The molecule has 0 aliphatic heterocycles. The van der Waals surface area contributed by atoms with E-state index in [1.165, 1.54) is 12.8 Å². The zero-order chi connectivity index (χ0) is 15.1. The van der Waals surface area contributed by atoms with Gasteiger partial charge in [-0.2, -0.15) is 0 Å². The maximum atomic E-state index is 10.5. The first-order valence-electron chi connectivity index (χ1n) is 7.84. The van der Waals surface area contributed by atoms with Crippen LogP contribution < -0.4 is 5.73 Å². The van der Waals surface area contributed by atoms with Crippen LogP contribution in [-0.2, 0) is 6.42 Å². The molecule has 0 radical (unpaired) electrons. The summed E-state index contributed by atoms with van der Waals surface area (Å²) in [5.41, 5.74) is 6.51. The van der Waals surface area contributed by atoms with Gasteiger partial charge in [-0.1, -0.05) is 36.8 Å². The SMILES string of the molecule is NCC(O)Cc1cccc(C#CC2(O)CCCCCC2)c1. The van der Waals surface area contributed by atoms with Crippen molar-refractivity contribution in [1.82, 2.24) is 0 Å². The van der Waals surface area contributed by atoms with Crippen molar-refractivity contribution in [1.29, 1.82) is 0 Å². The molecule has 0 amide bonds. The number of benzene rings is 1. The fourth-order valence-corrected chi connectivity index (χ4v) is 2.76. The number of rotatable bonds is 3. The monoisotopic (exact) mass is 287 g/mol. The second-order valence-corrected chi connectivity index (χ2v) is 5.99. The quantitative estimate of drug-likeness (QED) is 0.588. The lowest BCUT2D eigenvalue weighted by molar-refractivity contribution is 0.0849. The third-order valence-electron chi connectivity index (χ3n) is 4.04. The maximum Gasteiger partial charge on any atom is 0.125 e. The average Bonchev–Trinajstić information content (AvgIpc) is 2.71. The zero-order valence-electron chi connectivity index (χ0n) is 12.5. The van der Waals surface area contributed by atoms with E-state index in [0.29, 0.717) is 6.42 Å². The van der Waals surface area contributed by atoms with Crippen molar-refractivity contribution in [2.75, 3.05) is 6.54 Å². The van der Waals surface area contributed by atoms with E-state index in [2.05, 4.69) is 11.8 Å². The summed E-state index contributed by atoms with van der Waals surface area (Å²) in [5.74, 6) is 6.17. The fraction of sp³-hybridized carbons (Fsp3) is 0.556. The van der Waals surface area contributed by atoms with E-state index < -0.39 is 11.7 Å². The standard InChI is InChI=1S/C18H25NO2/c19-14-17(20)13-16-7-5-6-15(12-16)8-11-18(21)9-3-1-2-4-10-18/h5-7,12,17,20-21H,1-4,9-10,13-14,19H2. The van der Waals surface area contributed by atoms with E-state index in [1.54, 1.807) is 0 Å². The van der Waals surface area contributed by atoms with Crippen LogP contribution in [0, 0.1) is 11.8 Å². The Morgan fingerprint density at radius 1 is 1.19 bits per heavy atom. The Labute approximate surface area is 127 Å². The molecule has 0 spiro atoms. The largest absolute Gasteiger partial charge is 0.391 e. The van der Waals surface area contributed by atoms with Gasteiger partial charge in [0.1, 0.15) is 5.60 Å². The van der Waals surface area contributed by atoms with Gasteiger partial charge in [-0.05, 0) is 49.8 Å². The molecule has 4 N–H and O–H groups in total. The van der Waals surface area contributed by atoms with E-state index >= 15 is 0 Å². The molecule has 21 heavy (non-hydrogen) atoms. The molecule has 1 atom stereocenters. The average molecular weight is 287 g/mol. The first kappa shape index (κ1) is 16.0. The van der Waals surface area contributed by atoms with Gasteiger partial charge in [0, 0.05) is 12.1 Å². The summed E-state index contributed by atoms with van der Waals surface area (Å²) in [5, 5.41) is 20.1. The van der Waals surface area contributed by atoms with Gasteiger partial charge in [0.25, 0.3) is 0 Å². The number of aliphatic hydroxyl groups excluding tert-OH is 1. The molecule has 1 fully saturated rings. The Balaban J connectivity index is 2.09. The van der Waals surface area contributed by atoms with Gasteiger partial charge in [-0.3, -0.25) is 0 Å². The normalized spacial score (nSPS) is 19.2. The molecule has 0 bridgehead atoms. The molecule has 1 unspecified atom stereocenters. The minimum Gasteiger partial charge on any atom is -0.391 e. The van der Waals surface area contributed by atoms with Crippen molar-refractivity contribution >= 4 is 0 Å². The van der Waals surface area contributed by atoms with Crippen LogP contribution in [0.15, 0.2) is 24.3 Å². The summed E-state index contributed by atoms with van der Waals surface area (Å²) < 4.78 is 0. The van der Waals surface area contributed by atoms with Gasteiger partial charge in [0.2, 0.25) is 0 Å². The van der Waals surface area contributed by atoms with Gasteiger partial charge in [-0.15, -0.1) is 0 Å². The van der Waals surface area contributed by atoms with Crippen molar-refractivity contribution in [2.45, 2.75) is 56.7 Å². The zero-order valence-corrected chi connectivity index (χ0v) is 12.5. The van der Waals surface area contributed by atoms with Gasteiger partial charge in [-0.25, -0.2) is 0 Å². The van der Waals surface area contributed by atoms with Crippen LogP contribution in [0.3, 0.4) is 0 Å². The molecule has 2 rings (SSSR count). The van der Waals surface area contributed by atoms with E-state index in [1.807, 2.05) is 24.3 Å². The van der Waals surface area contributed by atoms with E-state index in [0.717, 1.165) is 36.8 Å². The molecule has 1 aliphatic rings. The first-order chi connectivity index (χ1) is 10.1. The van der Waals surface area contributed by atoms with Crippen molar-refractivity contribution in [3.8, 4) is 11.8 Å². The van der Waals surface area contributed by atoms with Gasteiger partial charge in [0.05, 0.1) is 6.10 Å². The molecule has 3 heteroatoms. The molecular weight excluding hydrogens is 262 g/mol. The smallest absolute Gasteiger partial charge is 0.125 e. The number of nitrogens with two attached hydrogens (primary N) is 1. The predicted molar refractivity (Wildman–Crippen MR) is 84.7 cm³/mol. The minimum absolute atomic E-state index is 0.260. The molecule has 0 aromatic heterocycles. The van der Waals surface area contributed by atoms with Crippen LogP contribution in [0.4, 0.5) is 0 Å². The summed E-state index contributed by atoms with van der Waals surface area (Å²) in [7, 11) is 0. The Morgan fingerprint density at radius 2 is 1.90 bits per heavy atom. The summed E-state index contributed by atoms with van der Waals surface area (Å²) in [6, 6.07) is 7.79.